The first-order valence-electron chi connectivity index (χ1n) is 6.37. The summed E-state index contributed by atoms with van der Waals surface area (Å²) in [4.78, 5) is 0. The molecule has 0 atom stereocenters. The Labute approximate surface area is 107 Å². The smallest absolute Gasteiger partial charge is 0.129 e. The van der Waals surface area contributed by atoms with Gasteiger partial charge in [-0.1, -0.05) is 12.1 Å². The van der Waals surface area contributed by atoms with Crippen molar-refractivity contribution in [1.29, 1.82) is 0 Å². The molecule has 0 fully saturated rings. The van der Waals surface area contributed by atoms with E-state index in [1.165, 1.54) is 5.56 Å². The molecular formula is C14H19NO3. The van der Waals surface area contributed by atoms with Crippen molar-refractivity contribution in [3.8, 4) is 11.5 Å². The molecule has 0 saturated carbocycles. The van der Waals surface area contributed by atoms with Crippen molar-refractivity contribution >= 4 is 5.71 Å². The first-order valence-corrected chi connectivity index (χ1v) is 6.37. The second-order valence-corrected chi connectivity index (χ2v) is 4.44. The van der Waals surface area contributed by atoms with Gasteiger partial charge < -0.3 is 14.7 Å². The quantitative estimate of drug-likeness (QED) is 0.507. The first kappa shape index (κ1) is 12.7. The summed E-state index contributed by atoms with van der Waals surface area (Å²) in [7, 11) is 0. The zero-order valence-corrected chi connectivity index (χ0v) is 10.9. The molecule has 0 bridgehead atoms. The van der Waals surface area contributed by atoms with Crippen molar-refractivity contribution in [1.82, 2.24) is 0 Å². The predicted octanol–water partition coefficient (Wildman–Crippen LogP) is 3.00. The Kier molecular flexibility index (Phi) is 4.07. The van der Waals surface area contributed by atoms with Gasteiger partial charge in [0.05, 0.1) is 18.9 Å². The number of nitrogens with zero attached hydrogens (tertiary/aromatic N) is 1. The lowest BCUT2D eigenvalue weighted by Gasteiger charge is -2.20. The Hall–Kier alpha value is -1.71. The number of oxime groups is 1. The summed E-state index contributed by atoms with van der Waals surface area (Å²) in [6, 6.07) is 3.92. The van der Waals surface area contributed by atoms with Gasteiger partial charge in [-0.2, -0.15) is 0 Å². The standard InChI is InChI=1S/C14H19NO3/c1-3-6-17-14-8-11-5-4-7-18-13(11)9-12(14)10(2)15-16/h8-9,16H,3-7H2,1-2H3. The summed E-state index contributed by atoms with van der Waals surface area (Å²) >= 11 is 0. The van der Waals surface area contributed by atoms with Crippen molar-refractivity contribution < 1.29 is 14.7 Å². The molecule has 98 valence electrons. The molecular weight excluding hydrogens is 230 g/mol. The van der Waals surface area contributed by atoms with E-state index in [2.05, 4.69) is 12.1 Å². The summed E-state index contributed by atoms with van der Waals surface area (Å²) in [5.74, 6) is 1.65. The summed E-state index contributed by atoms with van der Waals surface area (Å²) in [6.45, 7) is 5.22. The van der Waals surface area contributed by atoms with E-state index in [-0.39, 0.29) is 0 Å². The van der Waals surface area contributed by atoms with Crippen LogP contribution in [0, 0.1) is 0 Å². The Balaban J connectivity index is 2.40. The molecule has 0 spiro atoms. The van der Waals surface area contributed by atoms with E-state index in [0.29, 0.717) is 12.3 Å². The third kappa shape index (κ3) is 2.58. The lowest BCUT2D eigenvalue weighted by molar-refractivity contribution is 0.283. The lowest BCUT2D eigenvalue weighted by atomic mass is 10.0. The molecule has 0 radical (unpaired) electrons. The molecule has 4 nitrogen and oxygen atoms in total. The van der Waals surface area contributed by atoms with Crippen LogP contribution in [0.3, 0.4) is 0 Å². The average Bonchev–Trinajstić information content (AvgIpc) is 2.43. The predicted molar refractivity (Wildman–Crippen MR) is 70.0 cm³/mol. The Morgan fingerprint density at radius 1 is 1.50 bits per heavy atom. The highest BCUT2D eigenvalue weighted by molar-refractivity contribution is 6.01. The fourth-order valence-corrected chi connectivity index (χ4v) is 2.04. The van der Waals surface area contributed by atoms with Gasteiger partial charge in [-0.3, -0.25) is 0 Å². The third-order valence-corrected chi connectivity index (χ3v) is 3.01. The van der Waals surface area contributed by atoms with E-state index in [1.807, 2.05) is 12.1 Å². The number of benzene rings is 1. The molecule has 1 heterocycles. The van der Waals surface area contributed by atoms with Gasteiger partial charge >= 0.3 is 0 Å². The fourth-order valence-electron chi connectivity index (χ4n) is 2.04. The zero-order valence-electron chi connectivity index (χ0n) is 10.9. The van der Waals surface area contributed by atoms with Crippen molar-refractivity contribution in [2.45, 2.75) is 33.1 Å². The number of aryl methyl sites for hydroxylation is 1. The molecule has 1 N–H and O–H groups in total. The van der Waals surface area contributed by atoms with Gasteiger partial charge in [-0.05, 0) is 43.9 Å². The highest BCUT2D eigenvalue weighted by Crippen LogP contribution is 2.32. The van der Waals surface area contributed by atoms with Gasteiger partial charge in [-0.15, -0.1) is 0 Å². The van der Waals surface area contributed by atoms with Crippen molar-refractivity contribution in [2.24, 2.45) is 5.16 Å². The Bertz CT molecular complexity index is 455. The third-order valence-electron chi connectivity index (χ3n) is 3.01. The first-order chi connectivity index (χ1) is 8.76. The molecule has 2 rings (SSSR count). The topological polar surface area (TPSA) is 51.0 Å². The second-order valence-electron chi connectivity index (χ2n) is 4.44. The van der Waals surface area contributed by atoms with Crippen LogP contribution in [0.1, 0.15) is 37.8 Å². The number of ether oxygens (including phenoxy) is 2. The Morgan fingerprint density at radius 2 is 2.33 bits per heavy atom. The van der Waals surface area contributed by atoms with Crippen LogP contribution in [0.5, 0.6) is 11.5 Å². The number of hydrogen-bond acceptors (Lipinski definition) is 4. The fraction of sp³-hybridized carbons (Fsp3) is 0.500. The van der Waals surface area contributed by atoms with Crippen LogP contribution < -0.4 is 9.47 Å². The van der Waals surface area contributed by atoms with Gasteiger partial charge in [0, 0.05) is 5.56 Å². The molecule has 4 heteroatoms. The highest BCUT2D eigenvalue weighted by Gasteiger charge is 2.17. The minimum atomic E-state index is 0.540. The molecule has 18 heavy (non-hydrogen) atoms. The molecule has 0 saturated heterocycles. The van der Waals surface area contributed by atoms with Crippen LogP contribution in [0.2, 0.25) is 0 Å². The molecule has 0 unspecified atom stereocenters. The minimum absolute atomic E-state index is 0.540. The van der Waals surface area contributed by atoms with Crippen LogP contribution >= 0.6 is 0 Å². The minimum Gasteiger partial charge on any atom is -0.493 e. The maximum atomic E-state index is 8.93. The van der Waals surface area contributed by atoms with Crippen LogP contribution in [-0.4, -0.2) is 24.1 Å². The van der Waals surface area contributed by atoms with E-state index in [0.717, 1.165) is 42.9 Å². The zero-order chi connectivity index (χ0) is 13.0. The Morgan fingerprint density at radius 3 is 3.06 bits per heavy atom. The SMILES string of the molecule is CCCOc1cc2c(cc1C(C)=NO)OCCC2. The van der Waals surface area contributed by atoms with Crippen LogP contribution in [0.15, 0.2) is 17.3 Å². The summed E-state index contributed by atoms with van der Waals surface area (Å²) in [5, 5.41) is 12.2. The number of hydrogen-bond donors (Lipinski definition) is 1. The van der Waals surface area contributed by atoms with E-state index < -0.39 is 0 Å². The number of rotatable bonds is 4. The van der Waals surface area contributed by atoms with E-state index in [9.17, 15) is 0 Å². The molecule has 0 aromatic heterocycles. The maximum absolute atomic E-state index is 8.93. The molecule has 1 aromatic rings. The van der Waals surface area contributed by atoms with E-state index >= 15 is 0 Å². The normalized spacial score (nSPS) is 14.9. The maximum Gasteiger partial charge on any atom is 0.129 e. The molecule has 0 aliphatic carbocycles. The largest absolute Gasteiger partial charge is 0.493 e. The summed E-state index contributed by atoms with van der Waals surface area (Å²) in [6.07, 6.45) is 2.99. The highest BCUT2D eigenvalue weighted by atomic mass is 16.5. The number of fused-ring (bicyclic) bond motifs is 1. The van der Waals surface area contributed by atoms with Gasteiger partial charge in [0.1, 0.15) is 11.5 Å². The van der Waals surface area contributed by atoms with Gasteiger partial charge in [0.25, 0.3) is 0 Å². The monoisotopic (exact) mass is 249 g/mol. The van der Waals surface area contributed by atoms with Gasteiger partial charge in [0.15, 0.2) is 0 Å². The van der Waals surface area contributed by atoms with E-state index in [1.54, 1.807) is 6.92 Å². The molecule has 1 aliphatic rings. The summed E-state index contributed by atoms with van der Waals surface area (Å²) in [5.41, 5.74) is 2.51. The van der Waals surface area contributed by atoms with Crippen molar-refractivity contribution in [2.75, 3.05) is 13.2 Å². The van der Waals surface area contributed by atoms with Crippen LogP contribution in [-0.2, 0) is 6.42 Å². The van der Waals surface area contributed by atoms with Crippen LogP contribution in [0.4, 0.5) is 0 Å². The second kappa shape index (κ2) is 5.76. The van der Waals surface area contributed by atoms with Crippen LogP contribution in [0.25, 0.3) is 0 Å². The molecule has 1 aromatic carbocycles. The van der Waals surface area contributed by atoms with E-state index in [4.69, 9.17) is 14.7 Å². The lowest BCUT2D eigenvalue weighted by Crippen LogP contribution is -2.11. The van der Waals surface area contributed by atoms with Gasteiger partial charge in [0.2, 0.25) is 0 Å². The summed E-state index contributed by atoms with van der Waals surface area (Å²) < 4.78 is 11.4. The molecule has 0 amide bonds. The average molecular weight is 249 g/mol. The van der Waals surface area contributed by atoms with Crippen molar-refractivity contribution in [3.63, 3.8) is 0 Å². The molecule has 1 aliphatic heterocycles. The van der Waals surface area contributed by atoms with Gasteiger partial charge in [-0.25, -0.2) is 0 Å². The van der Waals surface area contributed by atoms with Crippen molar-refractivity contribution in [3.05, 3.63) is 23.3 Å².